The quantitative estimate of drug-likeness (QED) is 0.906. The first kappa shape index (κ1) is 17.8. The van der Waals surface area contributed by atoms with E-state index >= 15 is 0 Å². The van der Waals surface area contributed by atoms with Crippen molar-refractivity contribution in [2.45, 2.75) is 58.1 Å². The van der Waals surface area contributed by atoms with Crippen LogP contribution in [-0.4, -0.2) is 42.6 Å². The highest BCUT2D eigenvalue weighted by Gasteiger charge is 2.32. The molecule has 4 heteroatoms. The lowest BCUT2D eigenvalue weighted by Crippen LogP contribution is -2.52. The van der Waals surface area contributed by atoms with Crippen LogP contribution in [0.5, 0.6) is 5.75 Å². The molecule has 0 atom stereocenters. The number of carbonyl (C=O) groups excluding carboxylic acids is 1. The van der Waals surface area contributed by atoms with E-state index < -0.39 is 5.60 Å². The Morgan fingerprint density at radius 3 is 2.30 bits per heavy atom. The number of hydrogen-bond acceptors (Lipinski definition) is 3. The predicted molar refractivity (Wildman–Crippen MR) is 93.9 cm³/mol. The molecule has 0 aromatic heterocycles. The van der Waals surface area contributed by atoms with Crippen LogP contribution in [0.1, 0.15) is 52.0 Å². The smallest absolute Gasteiger partial charge is 0.263 e. The van der Waals surface area contributed by atoms with Gasteiger partial charge in [0.05, 0.1) is 0 Å². The van der Waals surface area contributed by atoms with Crippen LogP contribution in [0, 0.1) is 0 Å². The molecule has 1 aliphatic rings. The third kappa shape index (κ3) is 4.96. The van der Waals surface area contributed by atoms with Gasteiger partial charge < -0.3 is 15.0 Å². The van der Waals surface area contributed by atoms with Crippen LogP contribution < -0.4 is 10.1 Å². The van der Waals surface area contributed by atoms with Gasteiger partial charge in [-0.05, 0) is 70.4 Å². The topological polar surface area (TPSA) is 41.6 Å². The first-order chi connectivity index (χ1) is 10.8. The highest BCUT2D eigenvalue weighted by molar-refractivity contribution is 5.85. The summed E-state index contributed by atoms with van der Waals surface area (Å²) < 4.78 is 5.94. The zero-order chi connectivity index (χ0) is 17.0. The van der Waals surface area contributed by atoms with Gasteiger partial charge in [-0.15, -0.1) is 0 Å². The highest BCUT2D eigenvalue weighted by Crippen LogP contribution is 2.23. The number of ether oxygens (including phenoxy) is 1. The minimum atomic E-state index is -0.872. The molecule has 0 unspecified atom stereocenters. The standard InChI is InChI=1S/C19H30N2O2/c1-14(2)15-6-8-17(9-7-15)23-19(3,4)18(22)20-16-10-12-21(5)13-11-16/h6-9,14,16H,10-13H2,1-5H3,(H,20,22). The number of nitrogens with one attached hydrogen (secondary N) is 1. The van der Waals surface area contributed by atoms with Gasteiger partial charge in [0, 0.05) is 6.04 Å². The third-order valence-electron chi connectivity index (χ3n) is 4.52. The van der Waals surface area contributed by atoms with E-state index in [0.29, 0.717) is 5.92 Å². The van der Waals surface area contributed by atoms with Gasteiger partial charge in [0.25, 0.3) is 5.91 Å². The van der Waals surface area contributed by atoms with Gasteiger partial charge in [0.2, 0.25) is 0 Å². The van der Waals surface area contributed by atoms with Crippen LogP contribution >= 0.6 is 0 Å². The van der Waals surface area contributed by atoms with Crippen LogP contribution in [0.3, 0.4) is 0 Å². The zero-order valence-electron chi connectivity index (χ0n) is 15.1. The Morgan fingerprint density at radius 2 is 1.78 bits per heavy atom. The lowest BCUT2D eigenvalue weighted by Gasteiger charge is -2.32. The molecule has 4 nitrogen and oxygen atoms in total. The van der Waals surface area contributed by atoms with Gasteiger partial charge in [-0.3, -0.25) is 4.79 Å². The van der Waals surface area contributed by atoms with Crippen molar-refractivity contribution < 1.29 is 9.53 Å². The summed E-state index contributed by atoms with van der Waals surface area (Å²) in [6.45, 7) is 10.0. The maximum Gasteiger partial charge on any atom is 0.263 e. The van der Waals surface area contributed by atoms with E-state index in [1.54, 1.807) is 0 Å². The Morgan fingerprint density at radius 1 is 1.22 bits per heavy atom. The predicted octanol–water partition coefficient (Wildman–Crippen LogP) is 3.18. The fraction of sp³-hybridized carbons (Fsp3) is 0.632. The number of hydrogen-bond donors (Lipinski definition) is 1. The number of piperidine rings is 1. The summed E-state index contributed by atoms with van der Waals surface area (Å²) in [6, 6.07) is 8.26. The van der Waals surface area contributed by atoms with E-state index in [2.05, 4.69) is 43.2 Å². The molecule has 0 spiro atoms. The maximum absolute atomic E-state index is 12.5. The van der Waals surface area contributed by atoms with E-state index in [-0.39, 0.29) is 11.9 Å². The molecule has 23 heavy (non-hydrogen) atoms. The number of likely N-dealkylation sites (tertiary alicyclic amines) is 1. The molecule has 1 heterocycles. The van der Waals surface area contributed by atoms with Crippen LogP contribution in [0.4, 0.5) is 0 Å². The summed E-state index contributed by atoms with van der Waals surface area (Å²) in [6.07, 6.45) is 2.00. The molecule has 1 N–H and O–H groups in total. The molecule has 0 bridgehead atoms. The van der Waals surface area contributed by atoms with Gasteiger partial charge in [0.1, 0.15) is 5.75 Å². The lowest BCUT2D eigenvalue weighted by atomic mass is 10.0. The normalized spacial score (nSPS) is 17.3. The zero-order valence-corrected chi connectivity index (χ0v) is 15.1. The minimum Gasteiger partial charge on any atom is -0.478 e. The lowest BCUT2D eigenvalue weighted by molar-refractivity contribution is -0.135. The molecule has 0 saturated carbocycles. The van der Waals surface area contributed by atoms with Gasteiger partial charge in [-0.1, -0.05) is 26.0 Å². The van der Waals surface area contributed by atoms with Gasteiger partial charge in [0.15, 0.2) is 5.60 Å². The van der Waals surface area contributed by atoms with Crippen LogP contribution in [0.25, 0.3) is 0 Å². The minimum absolute atomic E-state index is 0.0417. The number of carbonyl (C=O) groups is 1. The molecular weight excluding hydrogens is 288 g/mol. The largest absolute Gasteiger partial charge is 0.478 e. The Labute approximate surface area is 140 Å². The van der Waals surface area contributed by atoms with Crippen molar-refractivity contribution in [3.63, 3.8) is 0 Å². The van der Waals surface area contributed by atoms with Crippen LogP contribution in [0.2, 0.25) is 0 Å². The molecular formula is C19H30N2O2. The van der Waals surface area contributed by atoms with E-state index in [1.807, 2.05) is 26.0 Å². The molecule has 1 aliphatic heterocycles. The number of benzene rings is 1. The second-order valence-corrected chi connectivity index (χ2v) is 7.39. The summed E-state index contributed by atoms with van der Waals surface area (Å²) in [4.78, 5) is 14.8. The van der Waals surface area contributed by atoms with Crippen molar-refractivity contribution in [1.82, 2.24) is 10.2 Å². The van der Waals surface area contributed by atoms with Crippen molar-refractivity contribution >= 4 is 5.91 Å². The monoisotopic (exact) mass is 318 g/mol. The second kappa shape index (κ2) is 7.35. The van der Waals surface area contributed by atoms with E-state index in [4.69, 9.17) is 4.74 Å². The summed E-state index contributed by atoms with van der Waals surface area (Å²) in [5.41, 5.74) is 0.397. The van der Waals surface area contributed by atoms with Gasteiger partial charge >= 0.3 is 0 Å². The van der Waals surface area contributed by atoms with Gasteiger partial charge in [-0.2, -0.15) is 0 Å². The molecule has 1 amide bonds. The van der Waals surface area contributed by atoms with E-state index in [1.165, 1.54) is 5.56 Å². The molecule has 128 valence electrons. The van der Waals surface area contributed by atoms with Crippen molar-refractivity contribution in [3.05, 3.63) is 29.8 Å². The van der Waals surface area contributed by atoms with Crippen molar-refractivity contribution in [3.8, 4) is 5.75 Å². The summed E-state index contributed by atoms with van der Waals surface area (Å²) in [5.74, 6) is 1.18. The average Bonchev–Trinajstić information content (AvgIpc) is 2.49. The summed E-state index contributed by atoms with van der Waals surface area (Å²) in [5, 5.41) is 3.14. The Balaban J connectivity index is 1.93. The molecule has 0 aliphatic carbocycles. The molecule has 1 saturated heterocycles. The van der Waals surface area contributed by atoms with E-state index in [0.717, 1.165) is 31.7 Å². The van der Waals surface area contributed by atoms with Crippen LogP contribution in [-0.2, 0) is 4.79 Å². The van der Waals surface area contributed by atoms with Gasteiger partial charge in [-0.25, -0.2) is 0 Å². The van der Waals surface area contributed by atoms with Crippen molar-refractivity contribution in [2.75, 3.05) is 20.1 Å². The fourth-order valence-electron chi connectivity index (χ4n) is 2.77. The molecule has 1 aromatic carbocycles. The summed E-state index contributed by atoms with van der Waals surface area (Å²) >= 11 is 0. The third-order valence-corrected chi connectivity index (χ3v) is 4.52. The van der Waals surface area contributed by atoms with Crippen LogP contribution in [0.15, 0.2) is 24.3 Å². The fourth-order valence-corrected chi connectivity index (χ4v) is 2.77. The average molecular weight is 318 g/mol. The molecule has 0 radical (unpaired) electrons. The second-order valence-electron chi connectivity index (χ2n) is 7.39. The molecule has 1 aromatic rings. The Kier molecular flexibility index (Phi) is 5.69. The first-order valence-corrected chi connectivity index (χ1v) is 8.56. The first-order valence-electron chi connectivity index (χ1n) is 8.56. The number of rotatable bonds is 5. The Hall–Kier alpha value is -1.55. The summed E-state index contributed by atoms with van der Waals surface area (Å²) in [7, 11) is 2.12. The van der Waals surface area contributed by atoms with E-state index in [9.17, 15) is 4.79 Å². The molecule has 1 fully saturated rings. The number of amides is 1. The number of nitrogens with zero attached hydrogens (tertiary/aromatic N) is 1. The highest BCUT2D eigenvalue weighted by atomic mass is 16.5. The Bertz CT molecular complexity index is 515. The maximum atomic E-state index is 12.5. The van der Waals surface area contributed by atoms with Crippen molar-refractivity contribution in [2.24, 2.45) is 0 Å². The molecule has 2 rings (SSSR count). The SMILES string of the molecule is CC(C)c1ccc(OC(C)(C)C(=O)NC2CCN(C)CC2)cc1. The van der Waals surface area contributed by atoms with Crippen molar-refractivity contribution in [1.29, 1.82) is 0 Å².